The van der Waals surface area contributed by atoms with E-state index in [0.717, 1.165) is 61.0 Å². The lowest BCUT2D eigenvalue weighted by atomic mass is 10.1. The Hall–Kier alpha value is -3.22. The van der Waals surface area contributed by atoms with Crippen LogP contribution in [0.5, 0.6) is 5.75 Å². The zero-order valence-electron chi connectivity index (χ0n) is 23.6. The molecule has 1 amide bonds. The number of likely N-dealkylation sites (N-methyl/N-ethyl adjacent to an activating group) is 1. The van der Waals surface area contributed by atoms with Gasteiger partial charge in [0.25, 0.3) is 0 Å². The van der Waals surface area contributed by atoms with Gasteiger partial charge in [-0.05, 0) is 43.1 Å². The highest BCUT2D eigenvalue weighted by Crippen LogP contribution is 2.28. The van der Waals surface area contributed by atoms with Crippen molar-refractivity contribution in [2.24, 2.45) is 5.92 Å². The first-order chi connectivity index (χ1) is 19.3. The summed E-state index contributed by atoms with van der Waals surface area (Å²) in [7, 11) is 0.174. The van der Waals surface area contributed by atoms with E-state index in [2.05, 4.69) is 22.2 Å². The molecule has 1 fully saturated rings. The van der Waals surface area contributed by atoms with Crippen molar-refractivity contribution in [3.05, 3.63) is 60.7 Å². The van der Waals surface area contributed by atoms with E-state index in [1.165, 1.54) is 0 Å². The molecule has 0 bridgehead atoms. The Morgan fingerprint density at radius 2 is 1.75 bits per heavy atom. The molecule has 10 nitrogen and oxygen atoms in total. The van der Waals surface area contributed by atoms with Gasteiger partial charge in [-0.15, -0.1) is 0 Å². The minimum Gasteiger partial charge on any atom is -0.492 e. The lowest BCUT2D eigenvalue weighted by Crippen LogP contribution is -2.45. The zero-order valence-corrected chi connectivity index (χ0v) is 23.6. The normalized spacial score (nSPS) is 15.2. The number of amides is 1. The number of carbonyl (C=O) groups excluding carboxylic acids is 1. The van der Waals surface area contributed by atoms with E-state index in [4.69, 9.17) is 14.5 Å². The topological polar surface area (TPSA) is 112 Å². The maximum absolute atomic E-state index is 13.0. The van der Waals surface area contributed by atoms with Gasteiger partial charge in [0.2, 0.25) is 5.91 Å². The van der Waals surface area contributed by atoms with Crippen molar-refractivity contribution in [1.29, 1.82) is 0 Å². The SMILES string of the molecule is CC(C)CC(NC(=O)Cn1nc(-c2cccc(OCCN3CCN(C)CC3)c2)cc1-c1ccccc1)OB(O)O. The molecule has 40 heavy (non-hydrogen) atoms. The van der Waals surface area contributed by atoms with Crippen LogP contribution < -0.4 is 10.1 Å². The molecule has 0 radical (unpaired) electrons. The first kappa shape index (κ1) is 29.8. The molecule has 1 unspecified atom stereocenters. The van der Waals surface area contributed by atoms with Crippen molar-refractivity contribution in [3.8, 4) is 28.3 Å². The first-order valence-electron chi connectivity index (χ1n) is 13.8. The molecule has 214 valence electrons. The average Bonchev–Trinajstić information content (AvgIpc) is 3.33. The number of piperazine rings is 1. The molecule has 1 aromatic heterocycles. The minimum atomic E-state index is -1.98. The fraction of sp³-hybridized carbons (Fsp3) is 0.448. The van der Waals surface area contributed by atoms with Gasteiger partial charge >= 0.3 is 7.32 Å². The van der Waals surface area contributed by atoms with Gasteiger partial charge in [0.05, 0.1) is 11.4 Å². The number of hydrogen-bond donors (Lipinski definition) is 3. The molecule has 3 aromatic rings. The Morgan fingerprint density at radius 3 is 2.45 bits per heavy atom. The Morgan fingerprint density at radius 1 is 1.02 bits per heavy atom. The lowest BCUT2D eigenvalue weighted by molar-refractivity contribution is -0.125. The maximum Gasteiger partial charge on any atom is 0.635 e. The van der Waals surface area contributed by atoms with E-state index >= 15 is 0 Å². The molecule has 1 aliphatic rings. The minimum absolute atomic E-state index is 0.0646. The summed E-state index contributed by atoms with van der Waals surface area (Å²) < 4.78 is 12.8. The molecule has 1 aliphatic heterocycles. The van der Waals surface area contributed by atoms with Crippen LogP contribution in [-0.2, 0) is 16.0 Å². The predicted molar refractivity (Wildman–Crippen MR) is 155 cm³/mol. The number of carbonyl (C=O) groups is 1. The van der Waals surface area contributed by atoms with Crippen LogP contribution in [0.15, 0.2) is 60.7 Å². The second kappa shape index (κ2) is 14.4. The van der Waals surface area contributed by atoms with Crippen molar-refractivity contribution in [1.82, 2.24) is 24.9 Å². The standard InChI is InChI=1S/C29H40BN5O5/c1-22(2)18-29(40-30(37)38)31-28(36)21-35-27(23-8-5-4-6-9-23)20-26(32-35)24-10-7-11-25(19-24)39-17-16-34-14-12-33(3)13-15-34/h4-11,19-20,22,29,37-38H,12-18,21H2,1-3H3,(H,31,36). The van der Waals surface area contributed by atoms with E-state index in [9.17, 15) is 14.8 Å². The second-order valence-corrected chi connectivity index (χ2v) is 10.6. The summed E-state index contributed by atoms with van der Waals surface area (Å²) in [6.07, 6.45) is -0.400. The number of nitrogens with one attached hydrogen (secondary N) is 1. The van der Waals surface area contributed by atoms with Crippen LogP contribution in [0.4, 0.5) is 0 Å². The van der Waals surface area contributed by atoms with Gasteiger partial charge < -0.3 is 29.7 Å². The maximum atomic E-state index is 13.0. The lowest BCUT2D eigenvalue weighted by Gasteiger charge is -2.32. The Kier molecular flexibility index (Phi) is 10.7. The molecular weight excluding hydrogens is 509 g/mol. The Bertz CT molecular complexity index is 1200. The fourth-order valence-electron chi connectivity index (χ4n) is 4.71. The third kappa shape index (κ3) is 8.90. The molecule has 3 N–H and O–H groups in total. The number of hydrogen-bond acceptors (Lipinski definition) is 8. The van der Waals surface area contributed by atoms with Gasteiger partial charge in [0.1, 0.15) is 25.1 Å². The molecule has 1 atom stereocenters. The van der Waals surface area contributed by atoms with Gasteiger partial charge in [-0.3, -0.25) is 14.4 Å². The number of aromatic nitrogens is 2. The van der Waals surface area contributed by atoms with E-state index in [1.54, 1.807) is 4.68 Å². The molecule has 11 heteroatoms. The smallest absolute Gasteiger partial charge is 0.492 e. The number of benzene rings is 2. The van der Waals surface area contributed by atoms with Crippen molar-refractivity contribution >= 4 is 13.2 Å². The summed E-state index contributed by atoms with van der Waals surface area (Å²) in [5, 5.41) is 26.1. The fourth-order valence-corrected chi connectivity index (χ4v) is 4.71. The molecule has 0 aliphatic carbocycles. The van der Waals surface area contributed by atoms with E-state index in [-0.39, 0.29) is 18.4 Å². The number of nitrogens with zero attached hydrogens (tertiary/aromatic N) is 4. The van der Waals surface area contributed by atoms with Crippen LogP contribution in [-0.4, -0.2) is 95.5 Å². The second-order valence-electron chi connectivity index (χ2n) is 10.6. The van der Waals surface area contributed by atoms with Crippen LogP contribution in [0.2, 0.25) is 0 Å². The Labute approximate surface area is 236 Å². The monoisotopic (exact) mass is 549 g/mol. The van der Waals surface area contributed by atoms with Crippen LogP contribution in [0.1, 0.15) is 20.3 Å². The van der Waals surface area contributed by atoms with Crippen LogP contribution >= 0.6 is 0 Å². The summed E-state index contributed by atoms with van der Waals surface area (Å²) in [5.41, 5.74) is 3.32. The molecule has 1 saturated heterocycles. The van der Waals surface area contributed by atoms with Crippen molar-refractivity contribution in [3.63, 3.8) is 0 Å². The summed E-state index contributed by atoms with van der Waals surface area (Å²) in [4.78, 5) is 17.7. The largest absolute Gasteiger partial charge is 0.635 e. The summed E-state index contributed by atoms with van der Waals surface area (Å²) >= 11 is 0. The number of rotatable bonds is 13. The van der Waals surface area contributed by atoms with Gasteiger partial charge in [0, 0.05) is 38.3 Å². The highest BCUT2D eigenvalue weighted by molar-refractivity contribution is 6.32. The van der Waals surface area contributed by atoms with Crippen LogP contribution in [0.25, 0.3) is 22.5 Å². The van der Waals surface area contributed by atoms with Gasteiger partial charge in [-0.25, -0.2) is 0 Å². The van der Waals surface area contributed by atoms with E-state index in [0.29, 0.717) is 13.0 Å². The molecule has 0 spiro atoms. The summed E-state index contributed by atoms with van der Waals surface area (Å²) in [6.45, 7) is 9.62. The van der Waals surface area contributed by atoms with Crippen LogP contribution in [0, 0.1) is 5.92 Å². The highest BCUT2D eigenvalue weighted by atomic mass is 16.6. The molecule has 2 heterocycles. The summed E-state index contributed by atoms with van der Waals surface area (Å²) in [6, 6.07) is 19.6. The van der Waals surface area contributed by atoms with Crippen molar-refractivity contribution < 1.29 is 24.2 Å². The zero-order chi connectivity index (χ0) is 28.5. The Balaban J connectivity index is 1.48. The third-order valence-corrected chi connectivity index (χ3v) is 6.84. The van der Waals surface area contributed by atoms with Crippen LogP contribution in [0.3, 0.4) is 0 Å². The molecule has 2 aromatic carbocycles. The molecule has 0 saturated carbocycles. The quantitative estimate of drug-likeness (QED) is 0.220. The van der Waals surface area contributed by atoms with E-state index in [1.807, 2.05) is 74.5 Å². The third-order valence-electron chi connectivity index (χ3n) is 6.84. The van der Waals surface area contributed by atoms with E-state index < -0.39 is 13.5 Å². The van der Waals surface area contributed by atoms with Crippen molar-refractivity contribution in [2.75, 3.05) is 46.4 Å². The summed E-state index contributed by atoms with van der Waals surface area (Å²) in [5.74, 6) is 0.604. The van der Waals surface area contributed by atoms with Crippen molar-refractivity contribution in [2.45, 2.75) is 33.0 Å². The van der Waals surface area contributed by atoms with Gasteiger partial charge in [-0.1, -0.05) is 56.3 Å². The first-order valence-corrected chi connectivity index (χ1v) is 13.8. The highest BCUT2D eigenvalue weighted by Gasteiger charge is 2.22. The molecular formula is C29H40BN5O5. The predicted octanol–water partition coefficient (Wildman–Crippen LogP) is 2.32. The molecule has 4 rings (SSSR count). The van der Waals surface area contributed by atoms with Gasteiger partial charge in [-0.2, -0.15) is 5.10 Å². The average molecular weight is 549 g/mol. The number of ether oxygens (including phenoxy) is 1. The van der Waals surface area contributed by atoms with Gasteiger partial charge in [0.15, 0.2) is 0 Å².